The van der Waals surface area contributed by atoms with Gasteiger partial charge in [-0.3, -0.25) is 4.79 Å². The van der Waals surface area contributed by atoms with Gasteiger partial charge in [0, 0.05) is 16.7 Å². The number of benzene rings is 1. The monoisotopic (exact) mass is 328 g/mol. The molecule has 0 unspecified atom stereocenters. The third-order valence-corrected chi connectivity index (χ3v) is 2.98. The molecule has 0 aliphatic carbocycles. The number of carboxylic acids is 1. The average molecular weight is 330 g/mol. The summed E-state index contributed by atoms with van der Waals surface area (Å²) in [5, 5.41) is 13.0. The maximum Gasteiger partial charge on any atom is 0.360 e. The molecule has 1 heterocycles. The van der Waals surface area contributed by atoms with Crippen molar-refractivity contribution in [2.45, 2.75) is 0 Å². The normalized spacial score (nSPS) is 10.3. The van der Waals surface area contributed by atoms with E-state index in [9.17, 15) is 9.59 Å². The molecule has 0 saturated carbocycles. The first kappa shape index (κ1) is 12.8. The smallest absolute Gasteiger partial charge is 0.360 e. The summed E-state index contributed by atoms with van der Waals surface area (Å²) >= 11 is 9.27. The van der Waals surface area contributed by atoms with Crippen LogP contribution in [0.25, 0.3) is 5.69 Å². The number of halogens is 2. The van der Waals surface area contributed by atoms with E-state index < -0.39 is 17.1 Å². The van der Waals surface area contributed by atoms with Crippen molar-refractivity contribution in [3.63, 3.8) is 0 Å². The molecule has 0 spiro atoms. The van der Waals surface area contributed by atoms with Gasteiger partial charge in [0.05, 0.1) is 10.7 Å². The van der Waals surface area contributed by atoms with E-state index in [-0.39, 0.29) is 0 Å². The van der Waals surface area contributed by atoms with E-state index in [1.165, 1.54) is 10.9 Å². The van der Waals surface area contributed by atoms with Crippen LogP contribution in [0, 0.1) is 0 Å². The van der Waals surface area contributed by atoms with Gasteiger partial charge in [0.25, 0.3) is 0 Å². The third kappa shape index (κ3) is 2.44. The first-order valence-corrected chi connectivity index (χ1v) is 5.95. The molecule has 5 nitrogen and oxygen atoms in total. The largest absolute Gasteiger partial charge is 0.476 e. The second kappa shape index (κ2) is 4.91. The van der Waals surface area contributed by atoms with Crippen LogP contribution < -0.4 is 5.43 Å². The number of aromatic carboxylic acids is 1. The fourth-order valence-electron chi connectivity index (χ4n) is 1.35. The topological polar surface area (TPSA) is 72.2 Å². The Labute approximate surface area is 115 Å². The summed E-state index contributed by atoms with van der Waals surface area (Å²) in [6.07, 6.45) is 1.36. The predicted octanol–water partition coefficient (Wildman–Crippen LogP) is 2.35. The van der Waals surface area contributed by atoms with E-state index in [2.05, 4.69) is 21.0 Å². The van der Waals surface area contributed by atoms with Gasteiger partial charge >= 0.3 is 5.97 Å². The first-order valence-electron chi connectivity index (χ1n) is 4.78. The number of aromatic nitrogens is 2. The molecule has 92 valence electrons. The lowest BCUT2D eigenvalue weighted by molar-refractivity contribution is 0.0687. The molecule has 0 saturated heterocycles. The summed E-state index contributed by atoms with van der Waals surface area (Å²) in [7, 11) is 0. The van der Waals surface area contributed by atoms with Crippen molar-refractivity contribution in [2.24, 2.45) is 0 Å². The standard InChI is InChI=1S/C11H6BrClN2O3/c12-6-1-2-7(13)8(5-6)15-4-3-9(16)10(14-15)11(17)18/h1-5H,(H,17,18). The van der Waals surface area contributed by atoms with E-state index in [0.29, 0.717) is 10.7 Å². The average Bonchev–Trinajstić information content (AvgIpc) is 2.33. The SMILES string of the molecule is O=C(O)c1nn(-c2cc(Br)ccc2Cl)ccc1=O. The minimum absolute atomic E-state index is 0.394. The van der Waals surface area contributed by atoms with E-state index in [1.807, 2.05) is 0 Å². The lowest BCUT2D eigenvalue weighted by Crippen LogP contribution is -2.20. The highest BCUT2D eigenvalue weighted by molar-refractivity contribution is 9.10. The first-order chi connectivity index (χ1) is 8.49. The summed E-state index contributed by atoms with van der Waals surface area (Å²) in [5.41, 5.74) is -0.716. The fourth-order valence-corrected chi connectivity index (χ4v) is 1.90. The number of carboxylic acid groups (broad SMARTS) is 1. The highest BCUT2D eigenvalue weighted by Crippen LogP contribution is 2.23. The molecule has 1 aromatic carbocycles. The summed E-state index contributed by atoms with van der Waals surface area (Å²) in [6.45, 7) is 0. The van der Waals surface area contributed by atoms with Gasteiger partial charge in [0.2, 0.25) is 11.1 Å². The van der Waals surface area contributed by atoms with Gasteiger partial charge < -0.3 is 5.11 Å². The second-order valence-electron chi connectivity index (χ2n) is 3.37. The van der Waals surface area contributed by atoms with Crippen LogP contribution in [0.1, 0.15) is 10.5 Å². The van der Waals surface area contributed by atoms with E-state index in [0.717, 1.165) is 10.5 Å². The van der Waals surface area contributed by atoms with Gasteiger partial charge in [0.15, 0.2) is 0 Å². The Kier molecular flexibility index (Phi) is 3.49. The molecule has 1 N–H and O–H groups in total. The van der Waals surface area contributed by atoms with Crippen LogP contribution in [-0.4, -0.2) is 20.9 Å². The summed E-state index contributed by atoms with van der Waals surface area (Å²) in [6, 6.07) is 6.19. The van der Waals surface area contributed by atoms with Crippen molar-refractivity contribution in [1.82, 2.24) is 9.78 Å². The predicted molar refractivity (Wildman–Crippen MR) is 69.5 cm³/mol. The number of carbonyl (C=O) groups is 1. The summed E-state index contributed by atoms with van der Waals surface area (Å²) in [5.74, 6) is -1.37. The second-order valence-corrected chi connectivity index (χ2v) is 4.70. The van der Waals surface area contributed by atoms with Crippen molar-refractivity contribution in [3.8, 4) is 5.69 Å². The van der Waals surface area contributed by atoms with Gasteiger partial charge in [0.1, 0.15) is 0 Å². The molecule has 0 aliphatic heterocycles. The zero-order chi connectivity index (χ0) is 13.3. The van der Waals surface area contributed by atoms with Crippen molar-refractivity contribution in [2.75, 3.05) is 0 Å². The Morgan fingerprint density at radius 2 is 2.11 bits per heavy atom. The zero-order valence-electron chi connectivity index (χ0n) is 8.80. The van der Waals surface area contributed by atoms with Gasteiger partial charge in [-0.2, -0.15) is 5.10 Å². The van der Waals surface area contributed by atoms with E-state index >= 15 is 0 Å². The molecule has 0 fully saturated rings. The summed E-state index contributed by atoms with van der Waals surface area (Å²) < 4.78 is 2.01. The van der Waals surface area contributed by atoms with Crippen LogP contribution in [0.2, 0.25) is 5.02 Å². The van der Waals surface area contributed by atoms with E-state index in [1.54, 1.807) is 18.2 Å². The van der Waals surface area contributed by atoms with Crippen molar-refractivity contribution in [3.05, 3.63) is 55.9 Å². The van der Waals surface area contributed by atoms with E-state index in [4.69, 9.17) is 16.7 Å². The number of rotatable bonds is 2. The van der Waals surface area contributed by atoms with Gasteiger partial charge in [-0.25, -0.2) is 9.48 Å². The van der Waals surface area contributed by atoms with Crippen LogP contribution in [0.15, 0.2) is 39.7 Å². The lowest BCUT2D eigenvalue weighted by atomic mass is 10.3. The Morgan fingerprint density at radius 1 is 1.39 bits per heavy atom. The van der Waals surface area contributed by atoms with Crippen molar-refractivity contribution >= 4 is 33.5 Å². The lowest BCUT2D eigenvalue weighted by Gasteiger charge is -2.08. The molecule has 0 amide bonds. The minimum Gasteiger partial charge on any atom is -0.476 e. The molecule has 0 radical (unpaired) electrons. The Hall–Kier alpha value is -1.66. The number of nitrogens with zero attached hydrogens (tertiary/aromatic N) is 2. The van der Waals surface area contributed by atoms with Crippen LogP contribution in [0.5, 0.6) is 0 Å². The molecule has 2 aromatic rings. The van der Waals surface area contributed by atoms with Crippen LogP contribution in [0.4, 0.5) is 0 Å². The fraction of sp³-hybridized carbons (Fsp3) is 0. The maximum atomic E-state index is 11.3. The highest BCUT2D eigenvalue weighted by Gasteiger charge is 2.12. The molecular formula is C11H6BrClN2O3. The maximum absolute atomic E-state index is 11.3. The Bertz CT molecular complexity index is 684. The quantitative estimate of drug-likeness (QED) is 0.918. The molecule has 1 aromatic heterocycles. The van der Waals surface area contributed by atoms with Crippen molar-refractivity contribution < 1.29 is 9.90 Å². The van der Waals surface area contributed by atoms with Gasteiger partial charge in [-0.1, -0.05) is 27.5 Å². The highest BCUT2D eigenvalue weighted by atomic mass is 79.9. The number of hydrogen-bond donors (Lipinski definition) is 1. The van der Waals surface area contributed by atoms with Gasteiger partial charge in [-0.15, -0.1) is 0 Å². The zero-order valence-corrected chi connectivity index (χ0v) is 11.1. The number of hydrogen-bond acceptors (Lipinski definition) is 3. The van der Waals surface area contributed by atoms with Crippen LogP contribution in [-0.2, 0) is 0 Å². The molecule has 0 bridgehead atoms. The molecule has 18 heavy (non-hydrogen) atoms. The van der Waals surface area contributed by atoms with Crippen LogP contribution in [0.3, 0.4) is 0 Å². The molecular weight excluding hydrogens is 323 g/mol. The Morgan fingerprint density at radius 3 is 2.78 bits per heavy atom. The third-order valence-electron chi connectivity index (χ3n) is 2.17. The molecule has 0 aliphatic rings. The van der Waals surface area contributed by atoms with Crippen LogP contribution >= 0.6 is 27.5 Å². The van der Waals surface area contributed by atoms with Crippen molar-refractivity contribution in [1.29, 1.82) is 0 Å². The summed E-state index contributed by atoms with van der Waals surface area (Å²) in [4.78, 5) is 22.1. The molecule has 2 rings (SSSR count). The molecule has 7 heteroatoms. The Balaban J connectivity index is 2.65. The molecule has 0 atom stereocenters. The van der Waals surface area contributed by atoms with Gasteiger partial charge in [-0.05, 0) is 18.2 Å². The minimum atomic E-state index is -1.37.